The van der Waals surface area contributed by atoms with Crippen LogP contribution in [-0.4, -0.2) is 67.0 Å². The Labute approximate surface area is 117 Å². The Balaban J connectivity index is 2.88. The summed E-state index contributed by atoms with van der Waals surface area (Å²) in [5.41, 5.74) is 0. The molecule has 0 bridgehead atoms. The van der Waals surface area contributed by atoms with E-state index in [1.54, 1.807) is 14.2 Å². The van der Waals surface area contributed by atoms with Crippen molar-refractivity contribution < 1.29 is 18.9 Å². The molecule has 0 aliphatic carbocycles. The van der Waals surface area contributed by atoms with Crippen molar-refractivity contribution >= 4 is 0 Å². The molecule has 0 saturated carbocycles. The quantitative estimate of drug-likeness (QED) is 0.401. The van der Waals surface area contributed by atoms with Crippen molar-refractivity contribution in [3.8, 4) is 0 Å². The van der Waals surface area contributed by atoms with Gasteiger partial charge in [0, 0.05) is 53.7 Å². The van der Waals surface area contributed by atoms with Crippen LogP contribution in [0.3, 0.4) is 0 Å². The molecule has 1 radical (unpaired) electrons. The predicted molar refractivity (Wildman–Crippen MR) is 75.7 cm³/mol. The van der Waals surface area contributed by atoms with Gasteiger partial charge in [0.05, 0.1) is 13.2 Å². The topological polar surface area (TPSA) is 51.0 Å². The van der Waals surface area contributed by atoms with Crippen LogP contribution in [0.4, 0.5) is 0 Å². The molecule has 5 nitrogen and oxygen atoms in total. The molecule has 19 heavy (non-hydrogen) atoms. The third-order valence-electron chi connectivity index (χ3n) is 2.56. The molecule has 0 fully saturated rings. The van der Waals surface area contributed by atoms with E-state index in [1.165, 1.54) is 0 Å². The zero-order valence-corrected chi connectivity index (χ0v) is 12.6. The van der Waals surface area contributed by atoms with Gasteiger partial charge >= 0.3 is 0 Å². The number of rotatable bonds is 16. The molecule has 0 amide bonds. The molecule has 5 heteroatoms. The highest BCUT2D eigenvalue weighted by molar-refractivity contribution is 4.46. The largest absolute Gasteiger partial charge is 0.385 e. The van der Waals surface area contributed by atoms with Crippen LogP contribution in [0.25, 0.3) is 0 Å². The maximum absolute atomic E-state index is 5.45. The monoisotopic (exact) mass is 276 g/mol. The van der Waals surface area contributed by atoms with Crippen LogP contribution in [0.5, 0.6) is 0 Å². The van der Waals surface area contributed by atoms with Crippen molar-refractivity contribution in [3.63, 3.8) is 0 Å². The fraction of sp³-hybridized carbons (Fsp3) is 1.00. The van der Waals surface area contributed by atoms with Gasteiger partial charge < -0.3 is 18.9 Å². The lowest BCUT2D eigenvalue weighted by Gasteiger charge is -2.06. The zero-order valence-electron chi connectivity index (χ0n) is 12.6. The van der Waals surface area contributed by atoms with Crippen LogP contribution in [0.15, 0.2) is 0 Å². The van der Waals surface area contributed by atoms with Gasteiger partial charge in [0.1, 0.15) is 0 Å². The summed E-state index contributed by atoms with van der Waals surface area (Å²) in [5, 5.41) is 4.34. The molecule has 0 aromatic rings. The van der Waals surface area contributed by atoms with Crippen LogP contribution >= 0.6 is 0 Å². The Morgan fingerprint density at radius 1 is 0.579 bits per heavy atom. The van der Waals surface area contributed by atoms with E-state index in [4.69, 9.17) is 18.9 Å². The first kappa shape index (κ1) is 18.8. The summed E-state index contributed by atoms with van der Waals surface area (Å²) in [6, 6.07) is 0. The molecule has 0 saturated heterocycles. The van der Waals surface area contributed by atoms with Crippen LogP contribution < -0.4 is 5.32 Å². The van der Waals surface area contributed by atoms with Crippen molar-refractivity contribution in [1.29, 1.82) is 0 Å². The van der Waals surface area contributed by atoms with Gasteiger partial charge in [-0.1, -0.05) is 0 Å². The van der Waals surface area contributed by atoms with E-state index < -0.39 is 0 Å². The maximum Gasteiger partial charge on any atom is 0.0607 e. The number of ether oxygens (including phenoxy) is 4. The number of nitrogens with zero attached hydrogens (tertiary/aromatic N) is 1. The highest BCUT2D eigenvalue weighted by Gasteiger charge is 1.93. The smallest absolute Gasteiger partial charge is 0.0607 e. The summed E-state index contributed by atoms with van der Waals surface area (Å²) in [7, 11) is 3.44. The number of methoxy groups -OCH3 is 2. The molecule has 0 aromatic carbocycles. The molecule has 0 atom stereocenters. The summed E-state index contributed by atoms with van der Waals surface area (Å²) in [4.78, 5) is 0. The average Bonchev–Trinajstić information content (AvgIpc) is 2.43. The van der Waals surface area contributed by atoms with E-state index in [1.807, 2.05) is 0 Å². The maximum atomic E-state index is 5.45. The van der Waals surface area contributed by atoms with Gasteiger partial charge in [-0.2, -0.15) is 0 Å². The van der Waals surface area contributed by atoms with Gasteiger partial charge in [-0.3, -0.25) is 0 Å². The second kappa shape index (κ2) is 17.8. The van der Waals surface area contributed by atoms with Crippen LogP contribution in [-0.2, 0) is 18.9 Å². The van der Waals surface area contributed by atoms with E-state index in [2.05, 4.69) is 5.32 Å². The first-order chi connectivity index (χ1) is 9.41. The van der Waals surface area contributed by atoms with Gasteiger partial charge in [0.15, 0.2) is 0 Å². The summed E-state index contributed by atoms with van der Waals surface area (Å²) < 4.78 is 20.8. The van der Waals surface area contributed by atoms with Crippen molar-refractivity contribution in [3.05, 3.63) is 0 Å². The first-order valence-electron chi connectivity index (χ1n) is 7.18. The lowest BCUT2D eigenvalue weighted by Crippen LogP contribution is -2.18. The molecule has 0 aromatic heterocycles. The standard InChI is InChI=1S/C14H30NO4/c1-16-9-3-5-11-18-13-7-15-8-14-19-12-6-4-10-17-2/h3-14H2,1-2H3. The Bertz CT molecular complexity index is 142. The predicted octanol–water partition coefficient (Wildman–Crippen LogP) is 1.48. The normalized spacial score (nSPS) is 11.1. The molecule has 0 heterocycles. The Morgan fingerprint density at radius 3 is 1.42 bits per heavy atom. The van der Waals surface area contributed by atoms with Gasteiger partial charge in [0.25, 0.3) is 0 Å². The second-order valence-electron chi connectivity index (χ2n) is 4.30. The Hall–Kier alpha value is -0.200. The fourth-order valence-electron chi connectivity index (χ4n) is 1.48. The highest BCUT2D eigenvalue weighted by Crippen LogP contribution is 1.91. The molecule has 115 valence electrons. The van der Waals surface area contributed by atoms with Crippen molar-refractivity contribution in [2.24, 2.45) is 0 Å². The second-order valence-corrected chi connectivity index (χ2v) is 4.30. The summed E-state index contributed by atoms with van der Waals surface area (Å²) in [6.07, 6.45) is 4.23. The fourth-order valence-corrected chi connectivity index (χ4v) is 1.48. The molecule has 0 aliphatic rings. The van der Waals surface area contributed by atoms with Gasteiger partial charge in [0.2, 0.25) is 0 Å². The lowest BCUT2D eigenvalue weighted by molar-refractivity contribution is 0.108. The number of hydrogen-bond donors (Lipinski definition) is 0. The van der Waals surface area contributed by atoms with Gasteiger partial charge in [-0.15, -0.1) is 0 Å². The third-order valence-corrected chi connectivity index (χ3v) is 2.56. The Kier molecular flexibility index (Phi) is 17.6. The minimum atomic E-state index is 0.709. The number of unbranched alkanes of at least 4 members (excludes halogenated alkanes) is 2. The van der Waals surface area contributed by atoms with Gasteiger partial charge in [-0.05, 0) is 25.7 Å². The van der Waals surface area contributed by atoms with Crippen molar-refractivity contribution in [2.45, 2.75) is 25.7 Å². The molecular formula is C14H30NO4. The van der Waals surface area contributed by atoms with Crippen LogP contribution in [0.1, 0.15) is 25.7 Å². The molecule has 0 rings (SSSR count). The molecule has 0 spiro atoms. The molecule has 0 N–H and O–H groups in total. The summed E-state index contributed by atoms with van der Waals surface area (Å²) in [5.74, 6) is 0. The minimum Gasteiger partial charge on any atom is -0.385 e. The van der Waals surface area contributed by atoms with Crippen LogP contribution in [0, 0.1) is 0 Å². The summed E-state index contributed by atoms with van der Waals surface area (Å²) >= 11 is 0. The Morgan fingerprint density at radius 2 is 1.00 bits per heavy atom. The average molecular weight is 276 g/mol. The summed E-state index contributed by atoms with van der Waals surface area (Å²) in [6.45, 7) is 6.17. The van der Waals surface area contributed by atoms with Gasteiger partial charge in [-0.25, -0.2) is 5.32 Å². The van der Waals surface area contributed by atoms with E-state index >= 15 is 0 Å². The molecular weight excluding hydrogens is 246 g/mol. The molecule has 0 aliphatic heterocycles. The first-order valence-corrected chi connectivity index (χ1v) is 7.18. The molecule has 0 unspecified atom stereocenters. The van der Waals surface area contributed by atoms with E-state index in [0.717, 1.165) is 65.2 Å². The SMILES string of the molecule is COCCCCOCC[N]CCOCCCCOC. The third kappa shape index (κ3) is 17.8. The van der Waals surface area contributed by atoms with Crippen LogP contribution in [0.2, 0.25) is 0 Å². The lowest BCUT2D eigenvalue weighted by atomic mass is 10.3. The number of hydrogen-bond acceptors (Lipinski definition) is 4. The van der Waals surface area contributed by atoms with Crippen molar-refractivity contribution in [1.82, 2.24) is 5.32 Å². The van der Waals surface area contributed by atoms with E-state index in [0.29, 0.717) is 13.2 Å². The van der Waals surface area contributed by atoms with E-state index in [-0.39, 0.29) is 0 Å². The minimum absolute atomic E-state index is 0.709. The highest BCUT2D eigenvalue weighted by atomic mass is 16.5. The van der Waals surface area contributed by atoms with E-state index in [9.17, 15) is 0 Å². The zero-order chi connectivity index (χ0) is 14.0. The van der Waals surface area contributed by atoms with Crippen molar-refractivity contribution in [2.75, 3.05) is 67.0 Å².